The van der Waals surface area contributed by atoms with Crippen molar-refractivity contribution in [1.29, 1.82) is 0 Å². The highest BCUT2D eigenvalue weighted by molar-refractivity contribution is 7.13. The van der Waals surface area contributed by atoms with Gasteiger partial charge in [-0.2, -0.15) is 5.10 Å². The van der Waals surface area contributed by atoms with Gasteiger partial charge >= 0.3 is 11.9 Å². The van der Waals surface area contributed by atoms with Gasteiger partial charge in [0.05, 0.1) is 17.7 Å². The summed E-state index contributed by atoms with van der Waals surface area (Å²) in [5.74, 6) is -1.25. The van der Waals surface area contributed by atoms with E-state index in [0.29, 0.717) is 5.69 Å². The number of rotatable bonds is 5. The Labute approximate surface area is 148 Å². The molecule has 0 aliphatic rings. The number of aromatic nitrogens is 2. The number of hydrogen-bond donors (Lipinski definition) is 0. The molecule has 0 saturated heterocycles. The van der Waals surface area contributed by atoms with E-state index in [4.69, 9.17) is 4.74 Å². The SMILES string of the molecule is COC(=O)[C@H](C)OC(=O)c1cc(-c2cccs2)nn1-c1ccccc1. The summed E-state index contributed by atoms with van der Waals surface area (Å²) < 4.78 is 11.3. The van der Waals surface area contributed by atoms with Crippen LogP contribution in [0.3, 0.4) is 0 Å². The van der Waals surface area contributed by atoms with E-state index in [1.165, 1.54) is 30.1 Å². The minimum Gasteiger partial charge on any atom is -0.466 e. The van der Waals surface area contributed by atoms with E-state index in [1.54, 1.807) is 6.07 Å². The predicted octanol–water partition coefficient (Wildman–Crippen LogP) is 3.32. The van der Waals surface area contributed by atoms with Gasteiger partial charge in [-0.3, -0.25) is 0 Å². The maximum Gasteiger partial charge on any atom is 0.357 e. The maximum atomic E-state index is 12.6. The van der Waals surface area contributed by atoms with Crippen LogP contribution in [0.2, 0.25) is 0 Å². The van der Waals surface area contributed by atoms with E-state index >= 15 is 0 Å². The molecule has 0 aliphatic carbocycles. The van der Waals surface area contributed by atoms with Crippen LogP contribution in [-0.4, -0.2) is 34.9 Å². The first-order chi connectivity index (χ1) is 12.1. The van der Waals surface area contributed by atoms with Crippen LogP contribution < -0.4 is 0 Å². The first kappa shape index (κ1) is 16.9. The molecule has 3 aromatic rings. The molecule has 0 aliphatic heterocycles. The molecule has 0 radical (unpaired) electrons. The van der Waals surface area contributed by atoms with Crippen LogP contribution in [0.15, 0.2) is 53.9 Å². The van der Waals surface area contributed by atoms with E-state index in [0.717, 1.165) is 10.6 Å². The molecular formula is C18H16N2O4S. The summed E-state index contributed by atoms with van der Waals surface area (Å²) in [6, 6.07) is 14.8. The third-order valence-corrected chi connectivity index (χ3v) is 4.40. The van der Waals surface area contributed by atoms with Crippen LogP contribution in [-0.2, 0) is 14.3 Å². The summed E-state index contributed by atoms with van der Waals surface area (Å²) >= 11 is 1.53. The fraction of sp³-hybridized carbons (Fsp3) is 0.167. The van der Waals surface area contributed by atoms with Crippen molar-refractivity contribution in [1.82, 2.24) is 9.78 Å². The molecule has 0 amide bonds. The number of para-hydroxylation sites is 1. The number of thiophene rings is 1. The quantitative estimate of drug-likeness (QED) is 0.656. The van der Waals surface area contributed by atoms with Gasteiger partial charge in [-0.05, 0) is 30.5 Å². The summed E-state index contributed by atoms with van der Waals surface area (Å²) in [4.78, 5) is 25.0. The van der Waals surface area contributed by atoms with Crippen molar-refractivity contribution < 1.29 is 19.1 Å². The lowest BCUT2D eigenvalue weighted by molar-refractivity contribution is -0.149. The highest BCUT2D eigenvalue weighted by Gasteiger charge is 2.24. The van der Waals surface area contributed by atoms with Crippen molar-refractivity contribution in [2.24, 2.45) is 0 Å². The molecule has 6 nitrogen and oxygen atoms in total. The molecule has 1 atom stereocenters. The Kier molecular flexibility index (Phi) is 4.95. The molecule has 3 rings (SSSR count). The van der Waals surface area contributed by atoms with Crippen molar-refractivity contribution in [2.75, 3.05) is 7.11 Å². The number of hydrogen-bond acceptors (Lipinski definition) is 6. The van der Waals surface area contributed by atoms with Gasteiger partial charge in [0.1, 0.15) is 5.69 Å². The number of methoxy groups -OCH3 is 1. The molecule has 0 bridgehead atoms. The molecule has 0 saturated carbocycles. The zero-order chi connectivity index (χ0) is 17.8. The highest BCUT2D eigenvalue weighted by Crippen LogP contribution is 2.26. The molecule has 25 heavy (non-hydrogen) atoms. The Morgan fingerprint density at radius 3 is 2.56 bits per heavy atom. The van der Waals surface area contributed by atoms with E-state index in [1.807, 2.05) is 47.8 Å². The van der Waals surface area contributed by atoms with Gasteiger partial charge in [-0.25, -0.2) is 14.3 Å². The largest absolute Gasteiger partial charge is 0.466 e. The van der Waals surface area contributed by atoms with Crippen LogP contribution in [0.5, 0.6) is 0 Å². The average Bonchev–Trinajstić information content (AvgIpc) is 3.31. The minimum absolute atomic E-state index is 0.241. The van der Waals surface area contributed by atoms with Crippen molar-refractivity contribution in [2.45, 2.75) is 13.0 Å². The third kappa shape index (κ3) is 3.61. The van der Waals surface area contributed by atoms with E-state index < -0.39 is 18.0 Å². The molecule has 2 heterocycles. The summed E-state index contributed by atoms with van der Waals surface area (Å²) in [6.07, 6.45) is -0.998. The van der Waals surface area contributed by atoms with Crippen molar-refractivity contribution in [3.05, 3.63) is 59.6 Å². The molecule has 128 valence electrons. The molecule has 0 N–H and O–H groups in total. The third-order valence-electron chi connectivity index (χ3n) is 3.51. The zero-order valence-electron chi connectivity index (χ0n) is 13.7. The number of ether oxygens (including phenoxy) is 2. The molecular weight excluding hydrogens is 340 g/mol. The number of benzene rings is 1. The first-order valence-corrected chi connectivity index (χ1v) is 8.46. The predicted molar refractivity (Wildman–Crippen MR) is 93.8 cm³/mol. The lowest BCUT2D eigenvalue weighted by Gasteiger charge is -2.11. The average molecular weight is 356 g/mol. The van der Waals surface area contributed by atoms with Crippen LogP contribution >= 0.6 is 11.3 Å². The number of carbonyl (C=O) groups is 2. The van der Waals surface area contributed by atoms with E-state index in [2.05, 4.69) is 9.84 Å². The molecule has 1 aromatic carbocycles. The maximum absolute atomic E-state index is 12.6. The number of carbonyl (C=O) groups excluding carboxylic acids is 2. The Balaban J connectivity index is 1.99. The standard InChI is InChI=1S/C18H16N2O4S/c1-12(17(21)23-2)24-18(22)15-11-14(16-9-6-10-25-16)19-20(15)13-7-4-3-5-8-13/h3-12H,1-2H3/t12-/m0/s1. The number of nitrogens with zero attached hydrogens (tertiary/aromatic N) is 2. The van der Waals surface area contributed by atoms with Crippen LogP contribution in [0, 0.1) is 0 Å². The van der Waals surface area contributed by atoms with Gasteiger partial charge in [-0.1, -0.05) is 24.3 Å². The smallest absolute Gasteiger partial charge is 0.357 e. The Bertz CT molecular complexity index is 872. The summed E-state index contributed by atoms with van der Waals surface area (Å²) in [6.45, 7) is 1.47. The van der Waals surface area contributed by atoms with Gasteiger partial charge in [0, 0.05) is 6.07 Å². The lowest BCUT2D eigenvalue weighted by Crippen LogP contribution is -2.26. The second-order valence-corrected chi connectivity index (χ2v) is 6.16. The van der Waals surface area contributed by atoms with Crippen molar-refractivity contribution in [3.8, 4) is 16.3 Å². The molecule has 2 aromatic heterocycles. The van der Waals surface area contributed by atoms with Crippen molar-refractivity contribution >= 4 is 23.3 Å². The fourth-order valence-electron chi connectivity index (χ4n) is 2.27. The van der Waals surface area contributed by atoms with Gasteiger partial charge in [-0.15, -0.1) is 11.3 Å². The Morgan fingerprint density at radius 2 is 1.92 bits per heavy atom. The second-order valence-electron chi connectivity index (χ2n) is 5.21. The summed E-state index contributed by atoms with van der Waals surface area (Å²) in [7, 11) is 1.25. The minimum atomic E-state index is -0.998. The molecule has 0 spiro atoms. The zero-order valence-corrected chi connectivity index (χ0v) is 14.5. The Morgan fingerprint density at radius 1 is 1.16 bits per heavy atom. The van der Waals surface area contributed by atoms with Crippen LogP contribution in [0.25, 0.3) is 16.3 Å². The van der Waals surface area contributed by atoms with Crippen LogP contribution in [0.4, 0.5) is 0 Å². The van der Waals surface area contributed by atoms with E-state index in [-0.39, 0.29) is 5.69 Å². The van der Waals surface area contributed by atoms with E-state index in [9.17, 15) is 9.59 Å². The molecule has 0 unspecified atom stereocenters. The fourth-order valence-corrected chi connectivity index (χ4v) is 2.95. The molecule has 0 fully saturated rings. The van der Waals surface area contributed by atoms with Crippen molar-refractivity contribution in [3.63, 3.8) is 0 Å². The second kappa shape index (κ2) is 7.31. The monoisotopic (exact) mass is 356 g/mol. The van der Waals surface area contributed by atoms with Gasteiger partial charge in [0.25, 0.3) is 0 Å². The normalized spacial score (nSPS) is 11.8. The highest BCUT2D eigenvalue weighted by atomic mass is 32.1. The van der Waals surface area contributed by atoms with Gasteiger partial charge in [0.15, 0.2) is 11.8 Å². The van der Waals surface area contributed by atoms with Gasteiger partial charge in [0.2, 0.25) is 0 Å². The summed E-state index contributed by atoms with van der Waals surface area (Å²) in [5.41, 5.74) is 1.63. The lowest BCUT2D eigenvalue weighted by atomic mass is 10.3. The molecule has 7 heteroatoms. The first-order valence-electron chi connectivity index (χ1n) is 7.58. The number of esters is 2. The van der Waals surface area contributed by atoms with Gasteiger partial charge < -0.3 is 9.47 Å². The van der Waals surface area contributed by atoms with Crippen LogP contribution in [0.1, 0.15) is 17.4 Å². The summed E-state index contributed by atoms with van der Waals surface area (Å²) in [5, 5.41) is 6.47. The Hall–Kier alpha value is -2.93. The topological polar surface area (TPSA) is 70.4 Å².